The summed E-state index contributed by atoms with van der Waals surface area (Å²) >= 11 is 0. The number of hydrogen-bond donors (Lipinski definition) is 2. The van der Waals surface area contributed by atoms with Crippen LogP contribution in [-0.4, -0.2) is 40.2 Å². The first-order chi connectivity index (χ1) is 10.8. The molecule has 130 valence electrons. The van der Waals surface area contributed by atoms with Gasteiger partial charge in [-0.15, -0.1) is 0 Å². The Morgan fingerprint density at radius 3 is 2.65 bits per heavy atom. The maximum Gasteiger partial charge on any atom is 0.407 e. The monoisotopic (exact) mass is 324 g/mol. The minimum absolute atomic E-state index is 0.0402. The zero-order valence-electron chi connectivity index (χ0n) is 14.5. The van der Waals surface area contributed by atoms with E-state index >= 15 is 0 Å². The molecule has 7 nitrogen and oxygen atoms in total. The van der Waals surface area contributed by atoms with Gasteiger partial charge in [-0.05, 0) is 27.2 Å². The summed E-state index contributed by atoms with van der Waals surface area (Å²) in [4.78, 5) is 27.3. The molecule has 1 heterocycles. The third kappa shape index (κ3) is 8.23. The summed E-state index contributed by atoms with van der Waals surface area (Å²) in [7, 11) is 0. The van der Waals surface area contributed by atoms with Gasteiger partial charge in [0.15, 0.2) is 0 Å². The van der Waals surface area contributed by atoms with Crippen LogP contribution >= 0.6 is 0 Å². The van der Waals surface area contributed by atoms with Gasteiger partial charge in [-0.1, -0.05) is 6.92 Å². The number of rotatable bonds is 8. The van der Waals surface area contributed by atoms with E-state index in [0.29, 0.717) is 32.5 Å². The van der Waals surface area contributed by atoms with E-state index in [4.69, 9.17) is 4.74 Å². The number of aromatic nitrogens is 2. The highest BCUT2D eigenvalue weighted by Gasteiger charge is 2.15. The number of aryl methyl sites for hydroxylation is 1. The summed E-state index contributed by atoms with van der Waals surface area (Å²) in [5.74, 6) is 0.0402. The van der Waals surface area contributed by atoms with Crippen molar-refractivity contribution in [3.63, 3.8) is 0 Å². The molecule has 2 N–H and O–H groups in total. The summed E-state index contributed by atoms with van der Waals surface area (Å²) < 4.78 is 7.11. The number of nitrogens with zero attached hydrogens (tertiary/aromatic N) is 2. The Bertz CT molecular complexity index is 506. The molecule has 2 amide bonds. The van der Waals surface area contributed by atoms with Crippen molar-refractivity contribution >= 4 is 12.0 Å². The number of ether oxygens (including phenoxy) is 1. The van der Waals surface area contributed by atoms with Gasteiger partial charge in [-0.2, -0.15) is 0 Å². The number of nitrogens with one attached hydrogen (secondary N) is 2. The van der Waals surface area contributed by atoms with Gasteiger partial charge in [0.1, 0.15) is 5.60 Å². The zero-order chi connectivity index (χ0) is 17.3. The average molecular weight is 324 g/mol. The van der Waals surface area contributed by atoms with Crippen LogP contribution in [0.5, 0.6) is 0 Å². The smallest absolute Gasteiger partial charge is 0.407 e. The maximum absolute atomic E-state index is 11.6. The Balaban J connectivity index is 2.35. The molecule has 0 aliphatic rings. The van der Waals surface area contributed by atoms with Crippen molar-refractivity contribution in [2.45, 2.75) is 59.1 Å². The average Bonchev–Trinajstić information content (AvgIpc) is 2.88. The molecule has 0 fully saturated rings. The van der Waals surface area contributed by atoms with Gasteiger partial charge in [-0.3, -0.25) is 4.79 Å². The topological polar surface area (TPSA) is 85.3 Å². The fourth-order valence-electron chi connectivity index (χ4n) is 1.94. The van der Waals surface area contributed by atoms with Crippen LogP contribution in [0, 0.1) is 0 Å². The molecule has 0 radical (unpaired) electrons. The summed E-state index contributed by atoms with van der Waals surface area (Å²) in [6, 6.07) is 0. The van der Waals surface area contributed by atoms with E-state index in [-0.39, 0.29) is 5.91 Å². The molecule has 0 saturated carbocycles. The molecule has 0 saturated heterocycles. The van der Waals surface area contributed by atoms with Gasteiger partial charge in [0, 0.05) is 44.4 Å². The molecule has 0 atom stereocenters. The van der Waals surface area contributed by atoms with Crippen LogP contribution in [0.2, 0.25) is 0 Å². The molecule has 0 aliphatic carbocycles. The standard InChI is InChI=1S/C16H28N4O3/c1-5-8-18-14(21)7-10-20-12-17-11-13(20)6-9-19-15(22)23-16(2,3)4/h11-12H,5-10H2,1-4H3,(H,18,21)(H,19,22). The first kappa shape index (κ1) is 19.0. The second-order valence-corrected chi connectivity index (χ2v) is 6.36. The van der Waals surface area contributed by atoms with Gasteiger partial charge < -0.3 is 19.9 Å². The molecule has 1 rings (SSSR count). The summed E-state index contributed by atoms with van der Waals surface area (Å²) in [6.07, 6.45) is 5.01. The van der Waals surface area contributed by atoms with Crippen LogP contribution in [0.15, 0.2) is 12.5 Å². The molecule has 0 unspecified atom stereocenters. The molecule has 0 spiro atoms. The molecule has 23 heavy (non-hydrogen) atoms. The lowest BCUT2D eigenvalue weighted by Gasteiger charge is -2.19. The predicted octanol–water partition coefficient (Wildman–Crippen LogP) is 1.87. The molecule has 7 heteroatoms. The number of alkyl carbamates (subject to hydrolysis) is 1. The van der Waals surface area contributed by atoms with Crippen molar-refractivity contribution in [2.24, 2.45) is 0 Å². The van der Waals surface area contributed by atoms with E-state index in [1.54, 1.807) is 12.5 Å². The molecular formula is C16H28N4O3. The number of imidazole rings is 1. The second kappa shape index (κ2) is 9.17. The first-order valence-corrected chi connectivity index (χ1v) is 8.04. The van der Waals surface area contributed by atoms with Crippen molar-refractivity contribution in [2.75, 3.05) is 13.1 Å². The van der Waals surface area contributed by atoms with Gasteiger partial charge in [0.25, 0.3) is 0 Å². The third-order valence-electron chi connectivity index (χ3n) is 3.00. The second-order valence-electron chi connectivity index (χ2n) is 6.36. The zero-order valence-corrected chi connectivity index (χ0v) is 14.5. The molecule has 1 aromatic rings. The van der Waals surface area contributed by atoms with Crippen molar-refractivity contribution in [3.05, 3.63) is 18.2 Å². The van der Waals surface area contributed by atoms with Crippen molar-refractivity contribution in [3.8, 4) is 0 Å². The van der Waals surface area contributed by atoms with Crippen LogP contribution in [0.25, 0.3) is 0 Å². The minimum Gasteiger partial charge on any atom is -0.444 e. The van der Waals surface area contributed by atoms with Crippen LogP contribution in [0.4, 0.5) is 4.79 Å². The van der Waals surface area contributed by atoms with E-state index < -0.39 is 11.7 Å². The van der Waals surface area contributed by atoms with E-state index in [1.807, 2.05) is 32.3 Å². The highest BCUT2D eigenvalue weighted by atomic mass is 16.6. The van der Waals surface area contributed by atoms with Crippen molar-refractivity contribution in [1.29, 1.82) is 0 Å². The highest BCUT2D eigenvalue weighted by Crippen LogP contribution is 2.06. The lowest BCUT2D eigenvalue weighted by atomic mass is 10.2. The largest absolute Gasteiger partial charge is 0.444 e. The summed E-state index contributed by atoms with van der Waals surface area (Å²) in [5, 5.41) is 5.56. The fraction of sp³-hybridized carbons (Fsp3) is 0.688. The van der Waals surface area contributed by atoms with E-state index in [2.05, 4.69) is 15.6 Å². The molecule has 0 aromatic carbocycles. The Kier molecular flexibility index (Phi) is 7.57. The Labute approximate surface area is 137 Å². The normalized spacial score (nSPS) is 11.1. The number of hydrogen-bond acceptors (Lipinski definition) is 4. The summed E-state index contributed by atoms with van der Waals surface area (Å²) in [6.45, 7) is 9.24. The van der Waals surface area contributed by atoms with Gasteiger partial charge in [0.05, 0.1) is 6.33 Å². The van der Waals surface area contributed by atoms with Crippen LogP contribution in [-0.2, 0) is 22.5 Å². The van der Waals surface area contributed by atoms with Gasteiger partial charge in [-0.25, -0.2) is 9.78 Å². The number of amides is 2. The SMILES string of the molecule is CCCNC(=O)CCn1cncc1CCNC(=O)OC(C)(C)C. The Morgan fingerprint density at radius 2 is 2.00 bits per heavy atom. The molecule has 0 bridgehead atoms. The van der Waals surface area contributed by atoms with Crippen molar-refractivity contribution < 1.29 is 14.3 Å². The summed E-state index contributed by atoms with van der Waals surface area (Å²) in [5.41, 5.74) is 0.474. The number of carbonyl (C=O) groups is 2. The van der Waals surface area contributed by atoms with Gasteiger partial charge in [0.2, 0.25) is 5.91 Å². The lowest BCUT2D eigenvalue weighted by molar-refractivity contribution is -0.121. The lowest BCUT2D eigenvalue weighted by Crippen LogP contribution is -2.33. The molecule has 1 aromatic heterocycles. The fourth-order valence-corrected chi connectivity index (χ4v) is 1.94. The predicted molar refractivity (Wildman–Crippen MR) is 88.1 cm³/mol. The van der Waals surface area contributed by atoms with Crippen LogP contribution < -0.4 is 10.6 Å². The highest BCUT2D eigenvalue weighted by molar-refractivity contribution is 5.75. The maximum atomic E-state index is 11.6. The first-order valence-electron chi connectivity index (χ1n) is 8.04. The third-order valence-corrected chi connectivity index (χ3v) is 3.00. The van der Waals surface area contributed by atoms with Crippen LogP contribution in [0.1, 0.15) is 46.2 Å². The van der Waals surface area contributed by atoms with E-state index in [9.17, 15) is 9.59 Å². The quantitative estimate of drug-likeness (QED) is 0.764. The Morgan fingerprint density at radius 1 is 1.26 bits per heavy atom. The van der Waals surface area contributed by atoms with E-state index in [0.717, 1.165) is 12.1 Å². The van der Waals surface area contributed by atoms with Gasteiger partial charge >= 0.3 is 6.09 Å². The Hall–Kier alpha value is -2.05. The minimum atomic E-state index is -0.502. The van der Waals surface area contributed by atoms with E-state index in [1.165, 1.54) is 0 Å². The molecule has 0 aliphatic heterocycles. The molecular weight excluding hydrogens is 296 g/mol. The van der Waals surface area contributed by atoms with Crippen LogP contribution in [0.3, 0.4) is 0 Å². The number of carbonyl (C=O) groups excluding carboxylic acids is 2. The van der Waals surface area contributed by atoms with Crippen molar-refractivity contribution in [1.82, 2.24) is 20.2 Å².